The maximum Gasteiger partial charge on any atom is 0.410 e. The first-order valence-corrected chi connectivity index (χ1v) is 9.74. The molecule has 1 fully saturated rings. The van der Waals surface area contributed by atoms with E-state index in [9.17, 15) is 20.0 Å². The minimum Gasteiger partial charge on any atom is -0.493 e. The van der Waals surface area contributed by atoms with Gasteiger partial charge in [0.1, 0.15) is 11.8 Å². The molecule has 30 heavy (non-hydrogen) atoms. The molecule has 4 heterocycles. The average molecular weight is 405 g/mol. The predicted molar refractivity (Wildman–Crippen MR) is 106 cm³/mol. The van der Waals surface area contributed by atoms with Gasteiger partial charge in [-0.2, -0.15) is 5.26 Å². The zero-order valence-corrected chi connectivity index (χ0v) is 16.4. The third kappa shape index (κ3) is 2.37. The number of amides is 1. The second-order valence-electron chi connectivity index (χ2n) is 7.83. The van der Waals surface area contributed by atoms with Crippen molar-refractivity contribution in [3.05, 3.63) is 52.2 Å². The number of hydrogen-bond donors (Lipinski definition) is 1. The van der Waals surface area contributed by atoms with Crippen LogP contribution in [0.25, 0.3) is 16.6 Å². The fourth-order valence-electron chi connectivity index (χ4n) is 4.58. The molecule has 0 radical (unpaired) electrons. The fourth-order valence-corrected chi connectivity index (χ4v) is 4.58. The van der Waals surface area contributed by atoms with Gasteiger partial charge in [-0.3, -0.25) is 14.5 Å². The molecule has 2 atom stereocenters. The van der Waals surface area contributed by atoms with E-state index >= 15 is 0 Å². The summed E-state index contributed by atoms with van der Waals surface area (Å²) in [7, 11) is 0. The second kappa shape index (κ2) is 6.35. The van der Waals surface area contributed by atoms with Crippen LogP contribution in [0.3, 0.4) is 0 Å². The number of rotatable bonds is 2. The lowest BCUT2D eigenvalue weighted by Gasteiger charge is -2.27. The minimum atomic E-state index is -0.448. The number of nitriles is 1. The Kier molecular flexibility index (Phi) is 3.86. The Hall–Kier alpha value is -3.80. The van der Waals surface area contributed by atoms with Crippen molar-refractivity contribution in [2.45, 2.75) is 38.5 Å². The summed E-state index contributed by atoms with van der Waals surface area (Å²) in [6.45, 7) is 3.92. The van der Waals surface area contributed by atoms with E-state index in [0.717, 1.165) is 0 Å². The third-order valence-corrected chi connectivity index (χ3v) is 5.74. The second-order valence-corrected chi connectivity index (χ2v) is 7.83. The van der Waals surface area contributed by atoms with Gasteiger partial charge in [0.15, 0.2) is 0 Å². The van der Waals surface area contributed by atoms with E-state index in [4.69, 9.17) is 4.74 Å². The van der Waals surface area contributed by atoms with Gasteiger partial charge >= 0.3 is 11.8 Å². The van der Waals surface area contributed by atoms with Crippen molar-refractivity contribution in [3.8, 4) is 17.6 Å². The molecule has 1 saturated heterocycles. The van der Waals surface area contributed by atoms with Gasteiger partial charge in [-0.05, 0) is 44.5 Å². The van der Waals surface area contributed by atoms with Crippen LogP contribution >= 0.6 is 0 Å². The van der Waals surface area contributed by atoms with Gasteiger partial charge < -0.3 is 9.84 Å². The molecule has 0 aliphatic carbocycles. The summed E-state index contributed by atoms with van der Waals surface area (Å²) in [5, 5.41) is 21.0. The van der Waals surface area contributed by atoms with Crippen LogP contribution in [0, 0.1) is 11.3 Å². The van der Waals surface area contributed by atoms with Crippen LogP contribution in [-0.4, -0.2) is 42.9 Å². The molecular weight excluding hydrogens is 386 g/mol. The number of aromatic hydroxyl groups is 1. The minimum absolute atomic E-state index is 0.204. The first kappa shape index (κ1) is 18.2. The highest BCUT2D eigenvalue weighted by molar-refractivity contribution is 5.91. The fraction of sp³-hybridized carbons (Fsp3) is 0.333. The van der Waals surface area contributed by atoms with Crippen molar-refractivity contribution < 1.29 is 14.6 Å². The van der Waals surface area contributed by atoms with E-state index in [0.29, 0.717) is 40.8 Å². The van der Waals surface area contributed by atoms with Gasteiger partial charge in [-0.1, -0.05) is 0 Å². The van der Waals surface area contributed by atoms with E-state index < -0.39 is 12.1 Å². The molecule has 152 valence electrons. The van der Waals surface area contributed by atoms with Gasteiger partial charge in [0, 0.05) is 18.1 Å². The molecular formula is C21H19N5O4. The molecule has 9 nitrogen and oxygen atoms in total. The van der Waals surface area contributed by atoms with Crippen LogP contribution in [0.1, 0.15) is 43.6 Å². The van der Waals surface area contributed by atoms with E-state index in [1.165, 1.54) is 4.57 Å². The molecule has 0 saturated carbocycles. The molecule has 3 aromatic rings. The number of hydrogen-bond acceptors (Lipinski definition) is 6. The van der Waals surface area contributed by atoms with Crippen molar-refractivity contribution in [1.29, 1.82) is 5.26 Å². The van der Waals surface area contributed by atoms with Crippen molar-refractivity contribution in [2.75, 3.05) is 6.54 Å². The molecule has 1 N–H and O–H groups in total. The molecule has 5 rings (SSSR count). The first-order valence-electron chi connectivity index (χ1n) is 9.74. The molecule has 0 spiro atoms. The molecule has 1 unspecified atom stereocenters. The predicted octanol–water partition coefficient (Wildman–Crippen LogP) is 2.61. The Morgan fingerprint density at radius 3 is 2.90 bits per heavy atom. The van der Waals surface area contributed by atoms with Crippen LogP contribution in [0.15, 0.2) is 35.3 Å². The van der Waals surface area contributed by atoms with Crippen molar-refractivity contribution in [3.63, 3.8) is 0 Å². The molecule has 9 heteroatoms. The highest BCUT2D eigenvalue weighted by Crippen LogP contribution is 2.49. The van der Waals surface area contributed by atoms with Crippen LogP contribution < -0.4 is 5.69 Å². The monoisotopic (exact) mass is 405 g/mol. The van der Waals surface area contributed by atoms with Gasteiger partial charge in [0.2, 0.25) is 5.88 Å². The maximum atomic E-state index is 13.3. The van der Waals surface area contributed by atoms with E-state index in [1.54, 1.807) is 53.8 Å². The summed E-state index contributed by atoms with van der Waals surface area (Å²) >= 11 is 0. The number of carbonyl (C=O) groups is 1. The number of aromatic nitrogens is 3. The van der Waals surface area contributed by atoms with Gasteiger partial charge in [-0.15, -0.1) is 0 Å². The van der Waals surface area contributed by atoms with Crippen molar-refractivity contribution in [1.82, 2.24) is 19.0 Å². The van der Waals surface area contributed by atoms with Crippen molar-refractivity contribution >= 4 is 17.0 Å². The third-order valence-electron chi connectivity index (χ3n) is 5.74. The van der Waals surface area contributed by atoms with E-state index in [2.05, 4.69) is 11.1 Å². The molecule has 1 aromatic carbocycles. The Bertz CT molecular complexity index is 1300. The number of ether oxygens (including phenoxy) is 1. The molecule has 2 aliphatic rings. The number of imidazole rings is 1. The topological polar surface area (TPSA) is 113 Å². The van der Waals surface area contributed by atoms with Crippen LogP contribution in [0.2, 0.25) is 0 Å². The van der Waals surface area contributed by atoms with Gasteiger partial charge in [0.25, 0.3) is 0 Å². The lowest BCUT2D eigenvalue weighted by Crippen LogP contribution is -2.38. The smallest absolute Gasteiger partial charge is 0.410 e. The lowest BCUT2D eigenvalue weighted by molar-refractivity contribution is 0.0688. The molecule has 2 aliphatic heterocycles. The number of carbonyl (C=O) groups excluding carboxylic acids is 1. The summed E-state index contributed by atoms with van der Waals surface area (Å²) in [5.74, 6) is -0.204. The largest absolute Gasteiger partial charge is 0.493 e. The highest BCUT2D eigenvalue weighted by Gasteiger charge is 2.50. The summed E-state index contributed by atoms with van der Waals surface area (Å²) in [5.41, 5.74) is 1.33. The summed E-state index contributed by atoms with van der Waals surface area (Å²) < 4.78 is 8.12. The quantitative estimate of drug-likeness (QED) is 0.701. The lowest BCUT2D eigenvalue weighted by atomic mass is 10.1. The van der Waals surface area contributed by atoms with Gasteiger partial charge in [0.05, 0.1) is 35.0 Å². The number of likely N-dealkylation sites (tertiary alicyclic amines) is 1. The van der Waals surface area contributed by atoms with E-state index in [-0.39, 0.29) is 23.7 Å². The number of pyridine rings is 1. The van der Waals surface area contributed by atoms with Crippen molar-refractivity contribution in [2.24, 2.45) is 0 Å². The zero-order chi connectivity index (χ0) is 21.2. The summed E-state index contributed by atoms with van der Waals surface area (Å²) in [6.07, 6.45) is 1.45. The Morgan fingerprint density at radius 1 is 1.37 bits per heavy atom. The Morgan fingerprint density at radius 2 is 2.17 bits per heavy atom. The number of nitrogens with zero attached hydrogens (tertiary/aromatic N) is 5. The zero-order valence-electron chi connectivity index (χ0n) is 16.4. The SMILES string of the molecule is CC(C)OC(=O)N1C[C@H]2CC1c1c(O)n(-c3ccc(C#N)c4ncccc34)c(=O)n12. The molecule has 2 bridgehead atoms. The van der Waals surface area contributed by atoms with Crippen LogP contribution in [-0.2, 0) is 4.74 Å². The normalized spacial score (nSPS) is 19.3. The molecule has 1 amide bonds. The number of fused-ring (bicyclic) bond motifs is 6. The maximum absolute atomic E-state index is 13.3. The average Bonchev–Trinajstić information content (AvgIpc) is 3.38. The summed E-state index contributed by atoms with van der Waals surface area (Å²) in [4.78, 5) is 31.6. The Balaban J connectivity index is 1.66. The first-order chi connectivity index (χ1) is 14.4. The number of benzene rings is 1. The highest BCUT2D eigenvalue weighted by atomic mass is 16.6. The van der Waals surface area contributed by atoms with Gasteiger partial charge in [-0.25, -0.2) is 14.2 Å². The van der Waals surface area contributed by atoms with Crippen LogP contribution in [0.4, 0.5) is 4.79 Å². The Labute approximate surface area is 171 Å². The van der Waals surface area contributed by atoms with E-state index in [1.807, 2.05) is 0 Å². The summed E-state index contributed by atoms with van der Waals surface area (Å²) in [6, 6.07) is 8.15. The molecule has 2 aromatic heterocycles. The standard InChI is InChI=1S/C21H19N5O4/c1-11(2)30-21(29)24-10-13-8-16(24)18-19(27)26(20(28)25(13)18)15-6-5-12(9-22)17-14(15)4-3-7-23-17/h3-7,11,13,16,27H,8,10H2,1-2H3/t13-,16?/m1/s1. The van der Waals surface area contributed by atoms with Crippen LogP contribution in [0.5, 0.6) is 5.88 Å².